The van der Waals surface area contributed by atoms with Gasteiger partial charge >= 0.3 is 0 Å². The van der Waals surface area contributed by atoms with Crippen molar-refractivity contribution in [3.05, 3.63) is 18.0 Å². The Morgan fingerprint density at radius 1 is 1.29 bits per heavy atom. The SMILES string of the molecule is CC(C)NCc1cc(S(=O)(=O)NCC2CCCCC2)c[nH]1. The zero-order valence-corrected chi connectivity index (χ0v) is 13.8. The number of hydrogen-bond acceptors (Lipinski definition) is 3. The molecular formula is C15H27N3O2S. The second-order valence-electron chi connectivity index (χ2n) is 6.25. The maximum atomic E-state index is 12.3. The van der Waals surface area contributed by atoms with Crippen LogP contribution in [0.2, 0.25) is 0 Å². The minimum absolute atomic E-state index is 0.332. The van der Waals surface area contributed by atoms with Gasteiger partial charge in [0.15, 0.2) is 0 Å². The molecule has 1 aromatic rings. The third-order valence-corrected chi connectivity index (χ3v) is 5.42. The topological polar surface area (TPSA) is 74.0 Å². The molecule has 0 radical (unpaired) electrons. The molecule has 1 fully saturated rings. The molecule has 0 aliphatic heterocycles. The van der Waals surface area contributed by atoms with Crippen molar-refractivity contribution in [1.29, 1.82) is 0 Å². The normalized spacial score (nSPS) is 17.5. The van der Waals surface area contributed by atoms with E-state index in [1.807, 2.05) is 0 Å². The lowest BCUT2D eigenvalue weighted by molar-refractivity contribution is 0.357. The molecule has 3 N–H and O–H groups in total. The van der Waals surface area contributed by atoms with E-state index < -0.39 is 10.0 Å². The summed E-state index contributed by atoms with van der Waals surface area (Å²) in [6, 6.07) is 2.08. The quantitative estimate of drug-likeness (QED) is 0.723. The van der Waals surface area contributed by atoms with Gasteiger partial charge in [-0.2, -0.15) is 0 Å². The summed E-state index contributed by atoms with van der Waals surface area (Å²) in [4.78, 5) is 3.36. The Labute approximate surface area is 128 Å². The number of aromatic amines is 1. The van der Waals surface area contributed by atoms with Gasteiger partial charge in [0.2, 0.25) is 10.0 Å². The first-order valence-electron chi connectivity index (χ1n) is 7.88. The molecule has 21 heavy (non-hydrogen) atoms. The largest absolute Gasteiger partial charge is 0.363 e. The number of hydrogen-bond donors (Lipinski definition) is 3. The standard InChI is InChI=1S/C15H27N3O2S/c1-12(2)16-10-14-8-15(11-17-14)21(19,20)18-9-13-6-4-3-5-7-13/h8,11-13,16-18H,3-7,9-10H2,1-2H3. The molecule has 0 spiro atoms. The molecule has 0 amide bonds. The fourth-order valence-corrected chi connectivity index (χ4v) is 3.83. The molecule has 0 unspecified atom stereocenters. The van der Waals surface area contributed by atoms with Gasteiger partial charge in [-0.25, -0.2) is 13.1 Å². The molecule has 2 rings (SSSR count). The van der Waals surface area contributed by atoms with E-state index in [1.54, 1.807) is 12.3 Å². The molecule has 5 nitrogen and oxygen atoms in total. The number of H-pyrrole nitrogens is 1. The molecule has 0 aromatic carbocycles. The van der Waals surface area contributed by atoms with Gasteiger partial charge in [-0.15, -0.1) is 0 Å². The van der Waals surface area contributed by atoms with Gasteiger partial charge in [-0.05, 0) is 24.8 Å². The van der Waals surface area contributed by atoms with Crippen LogP contribution in [0, 0.1) is 5.92 Å². The van der Waals surface area contributed by atoms with Crippen LogP contribution in [0.4, 0.5) is 0 Å². The Morgan fingerprint density at radius 3 is 2.67 bits per heavy atom. The highest BCUT2D eigenvalue weighted by atomic mass is 32.2. The van der Waals surface area contributed by atoms with E-state index in [1.165, 1.54) is 19.3 Å². The Balaban J connectivity index is 1.89. The molecule has 0 bridgehead atoms. The van der Waals surface area contributed by atoms with Gasteiger partial charge in [-0.1, -0.05) is 33.1 Å². The van der Waals surface area contributed by atoms with E-state index in [4.69, 9.17) is 0 Å². The lowest BCUT2D eigenvalue weighted by Crippen LogP contribution is -2.30. The molecule has 1 aromatic heterocycles. The number of nitrogens with one attached hydrogen (secondary N) is 3. The summed E-state index contributed by atoms with van der Waals surface area (Å²) in [7, 11) is -3.39. The zero-order valence-electron chi connectivity index (χ0n) is 13.0. The highest BCUT2D eigenvalue weighted by molar-refractivity contribution is 7.89. The van der Waals surface area contributed by atoms with Crippen LogP contribution >= 0.6 is 0 Å². The second-order valence-corrected chi connectivity index (χ2v) is 8.02. The average molecular weight is 313 g/mol. The van der Waals surface area contributed by atoms with Crippen LogP contribution in [-0.2, 0) is 16.6 Å². The van der Waals surface area contributed by atoms with Crippen LogP contribution in [0.5, 0.6) is 0 Å². The molecular weight excluding hydrogens is 286 g/mol. The van der Waals surface area contributed by atoms with Crippen LogP contribution < -0.4 is 10.0 Å². The van der Waals surface area contributed by atoms with Crippen molar-refractivity contribution in [3.8, 4) is 0 Å². The van der Waals surface area contributed by atoms with Crippen LogP contribution in [-0.4, -0.2) is 26.0 Å². The third kappa shape index (κ3) is 5.13. The first kappa shape index (κ1) is 16.5. The second kappa shape index (κ2) is 7.42. The summed E-state index contributed by atoms with van der Waals surface area (Å²) in [5.41, 5.74) is 0.891. The summed E-state index contributed by atoms with van der Waals surface area (Å²) >= 11 is 0. The maximum absolute atomic E-state index is 12.3. The first-order valence-corrected chi connectivity index (χ1v) is 9.36. The highest BCUT2D eigenvalue weighted by Crippen LogP contribution is 2.23. The summed E-state index contributed by atoms with van der Waals surface area (Å²) < 4.78 is 27.3. The lowest BCUT2D eigenvalue weighted by Gasteiger charge is -2.21. The Morgan fingerprint density at radius 2 is 2.00 bits per heavy atom. The highest BCUT2D eigenvalue weighted by Gasteiger charge is 2.19. The number of aromatic nitrogens is 1. The van der Waals surface area contributed by atoms with Gasteiger partial charge in [0.25, 0.3) is 0 Å². The average Bonchev–Trinajstić information content (AvgIpc) is 2.94. The fraction of sp³-hybridized carbons (Fsp3) is 0.733. The van der Waals surface area contributed by atoms with Crippen LogP contribution in [0.1, 0.15) is 51.6 Å². The Hall–Kier alpha value is -0.850. The fourth-order valence-electron chi connectivity index (χ4n) is 2.69. The van der Waals surface area contributed by atoms with Crippen LogP contribution in [0.25, 0.3) is 0 Å². The third-order valence-electron chi connectivity index (χ3n) is 4.01. The van der Waals surface area contributed by atoms with E-state index in [9.17, 15) is 8.42 Å². The minimum atomic E-state index is -3.39. The molecule has 1 aliphatic rings. The van der Waals surface area contributed by atoms with Gasteiger partial charge in [0, 0.05) is 31.0 Å². The molecule has 6 heteroatoms. The summed E-state index contributed by atoms with van der Waals surface area (Å²) in [6.07, 6.45) is 7.58. The van der Waals surface area contributed by atoms with Crippen LogP contribution in [0.3, 0.4) is 0 Å². The van der Waals surface area contributed by atoms with Gasteiger partial charge < -0.3 is 10.3 Å². The summed E-state index contributed by atoms with van der Waals surface area (Å²) in [5.74, 6) is 0.495. The predicted molar refractivity (Wildman–Crippen MR) is 84.5 cm³/mol. The van der Waals surface area contributed by atoms with Crippen LogP contribution in [0.15, 0.2) is 17.2 Å². The molecule has 1 heterocycles. The van der Waals surface area contributed by atoms with Crippen molar-refractivity contribution in [2.75, 3.05) is 6.54 Å². The summed E-state index contributed by atoms with van der Waals surface area (Å²) in [5, 5.41) is 3.26. The molecule has 1 saturated carbocycles. The molecule has 0 saturated heterocycles. The monoisotopic (exact) mass is 313 g/mol. The van der Waals surface area contributed by atoms with E-state index >= 15 is 0 Å². The van der Waals surface area contributed by atoms with Gasteiger partial charge in [0.1, 0.15) is 0 Å². The van der Waals surface area contributed by atoms with Crippen molar-refractivity contribution in [3.63, 3.8) is 0 Å². The lowest BCUT2D eigenvalue weighted by atomic mass is 9.90. The minimum Gasteiger partial charge on any atom is -0.363 e. The van der Waals surface area contributed by atoms with Crippen molar-refractivity contribution in [2.24, 2.45) is 5.92 Å². The first-order chi connectivity index (χ1) is 9.97. The van der Waals surface area contributed by atoms with Gasteiger partial charge in [0.05, 0.1) is 4.90 Å². The van der Waals surface area contributed by atoms with E-state index in [2.05, 4.69) is 28.9 Å². The Bertz CT molecular complexity index is 531. The molecule has 0 atom stereocenters. The van der Waals surface area contributed by atoms with E-state index in [0.717, 1.165) is 18.5 Å². The van der Waals surface area contributed by atoms with Crippen molar-refractivity contribution in [2.45, 2.75) is 63.4 Å². The number of sulfonamides is 1. The zero-order chi connectivity index (χ0) is 15.3. The van der Waals surface area contributed by atoms with Crippen molar-refractivity contribution >= 4 is 10.0 Å². The number of rotatable bonds is 7. The van der Waals surface area contributed by atoms with Crippen molar-refractivity contribution in [1.82, 2.24) is 15.0 Å². The molecule has 120 valence electrons. The summed E-state index contributed by atoms with van der Waals surface area (Å²) in [6.45, 7) is 5.33. The Kier molecular flexibility index (Phi) is 5.84. The van der Waals surface area contributed by atoms with Gasteiger partial charge in [-0.3, -0.25) is 0 Å². The predicted octanol–water partition coefficient (Wildman–Crippen LogP) is 2.37. The smallest absolute Gasteiger partial charge is 0.242 e. The van der Waals surface area contributed by atoms with E-state index in [0.29, 0.717) is 29.9 Å². The van der Waals surface area contributed by atoms with Crippen molar-refractivity contribution < 1.29 is 8.42 Å². The molecule has 1 aliphatic carbocycles. The maximum Gasteiger partial charge on any atom is 0.242 e. The van der Waals surface area contributed by atoms with E-state index in [-0.39, 0.29) is 0 Å².